The molecule has 0 atom stereocenters. The zero-order valence-corrected chi connectivity index (χ0v) is 27.3. The quantitative estimate of drug-likeness (QED) is 0.172. The molecule has 0 fully saturated rings. The van der Waals surface area contributed by atoms with E-state index < -0.39 is 29.3 Å². The zero-order chi connectivity index (χ0) is 33.5. The van der Waals surface area contributed by atoms with Crippen LogP contribution in [-0.4, -0.2) is 79.9 Å². The van der Waals surface area contributed by atoms with Crippen molar-refractivity contribution in [2.75, 3.05) is 45.4 Å². The third kappa shape index (κ3) is 6.98. The molecule has 0 saturated carbocycles. The Kier molecular flexibility index (Phi) is 11.0. The summed E-state index contributed by atoms with van der Waals surface area (Å²) in [6.07, 6.45) is 4.29. The van der Waals surface area contributed by atoms with Crippen LogP contribution in [-0.2, 0) is 23.9 Å². The molecule has 46 heavy (non-hydrogen) atoms. The average Bonchev–Trinajstić information content (AvgIpc) is 3.33. The van der Waals surface area contributed by atoms with Crippen LogP contribution in [0.4, 0.5) is 5.69 Å². The molecule has 0 aromatic heterocycles. The summed E-state index contributed by atoms with van der Waals surface area (Å²) in [5.41, 5.74) is 2.44. The summed E-state index contributed by atoms with van der Waals surface area (Å²) in [5.74, 6) is -2.80. The number of methoxy groups -OCH3 is 1. The summed E-state index contributed by atoms with van der Waals surface area (Å²) in [6, 6.07) is 10.7. The van der Waals surface area contributed by atoms with Gasteiger partial charge in [0, 0.05) is 25.8 Å². The van der Waals surface area contributed by atoms with Crippen LogP contribution in [0, 0.1) is 13.8 Å². The molecule has 1 aliphatic carbocycles. The lowest BCUT2D eigenvalue weighted by molar-refractivity contribution is -0.136. The molecule has 4 rings (SSSR count). The van der Waals surface area contributed by atoms with Gasteiger partial charge in [-0.05, 0) is 67.6 Å². The highest BCUT2D eigenvalue weighted by Crippen LogP contribution is 2.41. The normalized spacial score (nSPS) is 16.0. The second-order valence-corrected chi connectivity index (χ2v) is 11.2. The van der Waals surface area contributed by atoms with Crippen LogP contribution in [0.2, 0.25) is 0 Å². The van der Waals surface area contributed by atoms with Crippen molar-refractivity contribution in [3.63, 3.8) is 0 Å². The molecule has 2 aromatic rings. The third-order valence-electron chi connectivity index (χ3n) is 7.99. The largest absolute Gasteiger partial charge is 0.506 e. The lowest BCUT2D eigenvalue weighted by Crippen LogP contribution is -2.31. The number of hydrogen-bond donors (Lipinski definition) is 1. The molecule has 1 amide bonds. The maximum atomic E-state index is 13.4. The van der Waals surface area contributed by atoms with Crippen LogP contribution < -0.4 is 9.64 Å². The fraction of sp³-hybridized carbons (Fsp3) is 0.400. The van der Waals surface area contributed by atoms with Gasteiger partial charge in [-0.1, -0.05) is 38.8 Å². The van der Waals surface area contributed by atoms with Crippen molar-refractivity contribution in [1.82, 2.24) is 5.01 Å². The van der Waals surface area contributed by atoms with E-state index >= 15 is 0 Å². The number of anilines is 1. The van der Waals surface area contributed by atoms with Crippen molar-refractivity contribution in [2.24, 2.45) is 5.10 Å². The Labute approximate surface area is 269 Å². The number of Topliss-reactive ketones (excluding diaryl/α,β-unsaturated/α-hetero) is 1. The Morgan fingerprint density at radius 2 is 1.52 bits per heavy atom. The first-order valence-electron chi connectivity index (χ1n) is 15.5. The number of amides is 1. The molecule has 11 heteroatoms. The second-order valence-electron chi connectivity index (χ2n) is 11.2. The van der Waals surface area contributed by atoms with Crippen LogP contribution in [0.25, 0.3) is 5.57 Å². The van der Waals surface area contributed by atoms with Gasteiger partial charge in [0.1, 0.15) is 24.7 Å². The number of aryl methyl sites for hydroxylation is 2. The molecule has 1 N–H and O–H groups in total. The number of nitrogens with zero attached hydrogens (tertiary/aromatic N) is 3. The Balaban J connectivity index is 1.49. The van der Waals surface area contributed by atoms with Crippen molar-refractivity contribution in [3.8, 4) is 5.75 Å². The minimum atomic E-state index is -0.998. The molecule has 11 nitrogen and oxygen atoms in total. The van der Waals surface area contributed by atoms with Gasteiger partial charge < -0.3 is 24.2 Å². The molecule has 2 aromatic carbocycles. The number of hydrazone groups is 1. The van der Waals surface area contributed by atoms with Gasteiger partial charge in [0.05, 0.1) is 29.4 Å². The summed E-state index contributed by atoms with van der Waals surface area (Å²) in [6.45, 7) is 9.20. The van der Waals surface area contributed by atoms with Crippen LogP contribution in [0.5, 0.6) is 5.75 Å². The monoisotopic (exact) mass is 631 g/mol. The molecule has 0 spiro atoms. The number of hydrogen-bond acceptors (Lipinski definition) is 10. The van der Waals surface area contributed by atoms with E-state index in [4.69, 9.17) is 14.2 Å². The van der Waals surface area contributed by atoms with Crippen LogP contribution in [0.15, 0.2) is 58.4 Å². The molecular weight excluding hydrogens is 590 g/mol. The van der Waals surface area contributed by atoms with Crippen molar-refractivity contribution >= 4 is 40.6 Å². The Bertz CT molecular complexity index is 1630. The van der Waals surface area contributed by atoms with Crippen molar-refractivity contribution in [1.29, 1.82) is 0 Å². The second kappa shape index (κ2) is 14.9. The molecule has 244 valence electrons. The molecule has 0 saturated heterocycles. The number of carbonyl (C=O) groups excluding carboxylic acids is 4. The number of aliphatic hydroxyl groups excluding tert-OH is 1. The van der Waals surface area contributed by atoms with E-state index in [-0.39, 0.29) is 35.7 Å². The summed E-state index contributed by atoms with van der Waals surface area (Å²) < 4.78 is 15.6. The lowest BCUT2D eigenvalue weighted by Gasteiger charge is -2.27. The SMILES string of the molecule is CCCCN(CCCC)c1ccc(C2=C(O)C(=C3C(=O)N(C)N=C3C(=O)OCCOC(=O)c3cc(OC)ccc3C)C2=O)c(C)c1. The van der Waals surface area contributed by atoms with Gasteiger partial charge in [0.15, 0.2) is 5.71 Å². The fourth-order valence-electron chi connectivity index (χ4n) is 5.32. The fourth-order valence-corrected chi connectivity index (χ4v) is 5.32. The third-order valence-corrected chi connectivity index (χ3v) is 7.99. The number of esters is 2. The van der Waals surface area contributed by atoms with E-state index in [1.54, 1.807) is 31.2 Å². The number of ether oxygens (including phenoxy) is 3. The first kappa shape index (κ1) is 34.0. The van der Waals surface area contributed by atoms with Gasteiger partial charge in [-0.15, -0.1) is 0 Å². The molecule has 0 unspecified atom stereocenters. The summed E-state index contributed by atoms with van der Waals surface area (Å²) in [7, 11) is 2.82. The molecule has 0 radical (unpaired) electrons. The van der Waals surface area contributed by atoms with E-state index in [9.17, 15) is 24.3 Å². The van der Waals surface area contributed by atoms with Gasteiger partial charge >= 0.3 is 11.9 Å². The number of likely N-dealkylation sites (N-methyl/N-ethyl adjacent to an activating group) is 1. The van der Waals surface area contributed by atoms with Crippen LogP contribution in [0.1, 0.15) is 66.6 Å². The number of aliphatic hydroxyl groups is 1. The van der Waals surface area contributed by atoms with Gasteiger partial charge in [-0.25, -0.2) is 14.6 Å². The summed E-state index contributed by atoms with van der Waals surface area (Å²) >= 11 is 0. The summed E-state index contributed by atoms with van der Waals surface area (Å²) in [4.78, 5) is 54.3. The van der Waals surface area contributed by atoms with E-state index in [0.29, 0.717) is 22.4 Å². The molecule has 2 aliphatic rings. The standard InChI is InChI=1S/C35H41N3O8/c1-7-9-15-38(16-10-8-2)23-12-14-25(22(4)19-23)27-31(39)29(32(27)40)28-30(36-37(5)33(28)41)35(43)46-18-17-45-34(42)26-20-24(44-6)13-11-21(26)3/h11-14,19-20,39H,7-10,15-18H2,1-6H3. The highest BCUT2D eigenvalue weighted by Gasteiger charge is 2.45. The maximum Gasteiger partial charge on any atom is 0.359 e. The van der Waals surface area contributed by atoms with Crippen molar-refractivity contribution in [2.45, 2.75) is 53.4 Å². The minimum absolute atomic E-state index is 0.0787. The zero-order valence-electron chi connectivity index (χ0n) is 27.3. The van der Waals surface area contributed by atoms with Crippen molar-refractivity contribution < 1.29 is 38.5 Å². The molecular formula is C35H41N3O8. The predicted molar refractivity (Wildman–Crippen MR) is 174 cm³/mol. The number of unbranched alkanes of at least 4 members (excludes halogenated alkanes) is 2. The molecule has 1 aliphatic heterocycles. The highest BCUT2D eigenvalue weighted by molar-refractivity contribution is 6.55. The Morgan fingerprint density at radius 1 is 0.870 bits per heavy atom. The lowest BCUT2D eigenvalue weighted by atomic mass is 9.78. The van der Waals surface area contributed by atoms with Gasteiger partial charge in [0.2, 0.25) is 5.78 Å². The molecule has 0 bridgehead atoms. The van der Waals surface area contributed by atoms with Gasteiger partial charge in [-0.3, -0.25) is 9.59 Å². The smallest absolute Gasteiger partial charge is 0.359 e. The number of allylic oxidation sites excluding steroid dienone is 2. The number of benzene rings is 2. The van der Waals surface area contributed by atoms with Crippen molar-refractivity contribution in [3.05, 3.63) is 75.6 Å². The number of rotatable bonds is 14. The number of ketones is 1. The maximum absolute atomic E-state index is 13.4. The van der Waals surface area contributed by atoms with E-state index in [2.05, 4.69) is 23.8 Å². The first-order valence-corrected chi connectivity index (χ1v) is 15.5. The van der Waals surface area contributed by atoms with Crippen LogP contribution >= 0.6 is 0 Å². The van der Waals surface area contributed by atoms with E-state index in [1.165, 1.54) is 14.2 Å². The summed E-state index contributed by atoms with van der Waals surface area (Å²) in [5, 5.41) is 16.0. The van der Waals surface area contributed by atoms with E-state index in [1.807, 2.05) is 19.1 Å². The number of carbonyl (C=O) groups is 4. The van der Waals surface area contributed by atoms with Gasteiger partial charge in [0.25, 0.3) is 5.91 Å². The Hall–Kier alpha value is -4.93. The average molecular weight is 632 g/mol. The predicted octanol–water partition coefficient (Wildman–Crippen LogP) is 5.10. The topological polar surface area (TPSA) is 135 Å². The highest BCUT2D eigenvalue weighted by atomic mass is 16.6. The first-order chi connectivity index (χ1) is 22.0. The Morgan fingerprint density at radius 3 is 2.11 bits per heavy atom. The minimum Gasteiger partial charge on any atom is -0.506 e. The molecule has 1 heterocycles. The van der Waals surface area contributed by atoms with E-state index in [0.717, 1.165) is 55.0 Å². The van der Waals surface area contributed by atoms with Gasteiger partial charge in [-0.2, -0.15) is 5.10 Å². The van der Waals surface area contributed by atoms with Crippen LogP contribution in [0.3, 0.4) is 0 Å².